The molecular formula is C16H22ClFN2O2. The molecule has 0 unspecified atom stereocenters. The average Bonchev–Trinajstić information content (AvgIpc) is 3.33. The second kappa shape index (κ2) is 7.79. The molecule has 0 aliphatic heterocycles. The van der Waals surface area contributed by atoms with Gasteiger partial charge in [-0.1, -0.05) is 0 Å². The molecule has 122 valence electrons. The minimum Gasteiger partial charge on any atom is -0.491 e. The summed E-state index contributed by atoms with van der Waals surface area (Å²) >= 11 is 0. The summed E-state index contributed by atoms with van der Waals surface area (Å²) in [6, 6.07) is 4.21. The van der Waals surface area contributed by atoms with Gasteiger partial charge in [-0.25, -0.2) is 4.39 Å². The molecule has 2 N–H and O–H groups in total. The van der Waals surface area contributed by atoms with Crippen molar-refractivity contribution in [1.82, 2.24) is 5.32 Å². The Hall–Kier alpha value is -1.33. The largest absolute Gasteiger partial charge is 0.491 e. The normalized spacial score (nSPS) is 16.8. The number of amides is 1. The van der Waals surface area contributed by atoms with E-state index in [4.69, 9.17) is 4.74 Å². The van der Waals surface area contributed by atoms with Crippen LogP contribution in [-0.4, -0.2) is 25.6 Å². The number of rotatable bonds is 8. The molecule has 22 heavy (non-hydrogen) atoms. The van der Waals surface area contributed by atoms with Crippen molar-refractivity contribution in [2.45, 2.75) is 25.7 Å². The van der Waals surface area contributed by atoms with Crippen LogP contribution in [0.5, 0.6) is 5.75 Å². The summed E-state index contributed by atoms with van der Waals surface area (Å²) in [4.78, 5) is 11.9. The maximum absolute atomic E-state index is 13.3. The number of ether oxygens (including phenoxy) is 1. The molecule has 2 aliphatic rings. The topological polar surface area (TPSA) is 50.4 Å². The Bertz CT molecular complexity index is 519. The number of carbonyl (C=O) groups is 1. The molecule has 1 aromatic rings. The summed E-state index contributed by atoms with van der Waals surface area (Å²) in [6.45, 7) is 1.75. The summed E-state index contributed by atoms with van der Waals surface area (Å²) < 4.78 is 18.9. The van der Waals surface area contributed by atoms with Crippen LogP contribution in [0.2, 0.25) is 0 Å². The van der Waals surface area contributed by atoms with Crippen LogP contribution in [0, 0.1) is 17.7 Å². The van der Waals surface area contributed by atoms with Gasteiger partial charge >= 0.3 is 0 Å². The number of carbonyl (C=O) groups excluding carboxylic acids is 1. The van der Waals surface area contributed by atoms with Gasteiger partial charge < -0.3 is 15.4 Å². The van der Waals surface area contributed by atoms with Crippen LogP contribution in [0.3, 0.4) is 0 Å². The number of nitrogens with one attached hydrogen (secondary N) is 2. The Morgan fingerprint density at radius 3 is 2.64 bits per heavy atom. The van der Waals surface area contributed by atoms with Gasteiger partial charge in [0.1, 0.15) is 11.6 Å². The van der Waals surface area contributed by atoms with Crippen LogP contribution in [0.4, 0.5) is 10.1 Å². The molecule has 0 saturated heterocycles. The van der Waals surface area contributed by atoms with E-state index < -0.39 is 0 Å². The van der Waals surface area contributed by atoms with Crippen LogP contribution < -0.4 is 15.4 Å². The van der Waals surface area contributed by atoms with Gasteiger partial charge in [-0.3, -0.25) is 4.79 Å². The number of anilines is 1. The zero-order valence-corrected chi connectivity index (χ0v) is 13.3. The van der Waals surface area contributed by atoms with Crippen LogP contribution in [0.15, 0.2) is 18.2 Å². The summed E-state index contributed by atoms with van der Waals surface area (Å²) in [5.74, 6) is 1.25. The lowest BCUT2D eigenvalue weighted by Gasteiger charge is -2.13. The molecule has 0 atom stereocenters. The Kier molecular flexibility index (Phi) is 6.03. The molecule has 4 nitrogen and oxygen atoms in total. The standard InChI is InChI=1S/C16H21FN2O2.ClH/c17-13-5-6-14(15(7-13)21-10-12-3-4-12)19-16(20)9-18-8-11-1-2-11;/h5-7,11-12,18H,1-4,8-10H2,(H,19,20);1H. The fourth-order valence-electron chi connectivity index (χ4n) is 2.12. The third-order valence-electron chi connectivity index (χ3n) is 3.80. The van der Waals surface area contributed by atoms with Gasteiger partial charge in [-0.05, 0) is 56.2 Å². The Morgan fingerprint density at radius 1 is 1.23 bits per heavy atom. The Morgan fingerprint density at radius 2 is 1.95 bits per heavy atom. The first-order chi connectivity index (χ1) is 10.2. The van der Waals surface area contributed by atoms with Crippen molar-refractivity contribution in [2.24, 2.45) is 11.8 Å². The summed E-state index contributed by atoms with van der Waals surface area (Å²) in [5, 5.41) is 5.91. The average molecular weight is 329 g/mol. The fourth-order valence-corrected chi connectivity index (χ4v) is 2.12. The molecule has 0 aromatic heterocycles. The second-order valence-corrected chi connectivity index (χ2v) is 6.02. The maximum atomic E-state index is 13.3. The van der Waals surface area contributed by atoms with Crippen molar-refractivity contribution in [2.75, 3.05) is 25.0 Å². The van der Waals surface area contributed by atoms with Crippen molar-refractivity contribution < 1.29 is 13.9 Å². The molecule has 0 radical (unpaired) electrons. The molecule has 2 fully saturated rings. The number of benzene rings is 1. The molecule has 2 aliphatic carbocycles. The van der Waals surface area contributed by atoms with Gasteiger partial charge in [0.2, 0.25) is 5.91 Å². The fraction of sp³-hybridized carbons (Fsp3) is 0.562. The first-order valence-electron chi connectivity index (χ1n) is 7.63. The van der Waals surface area contributed by atoms with Gasteiger partial charge in [0.15, 0.2) is 0 Å². The zero-order chi connectivity index (χ0) is 14.7. The van der Waals surface area contributed by atoms with E-state index in [1.165, 1.54) is 37.8 Å². The van der Waals surface area contributed by atoms with Gasteiger partial charge in [0.25, 0.3) is 0 Å². The summed E-state index contributed by atoms with van der Waals surface area (Å²) in [5.41, 5.74) is 0.537. The number of hydrogen-bond acceptors (Lipinski definition) is 3. The van der Waals surface area contributed by atoms with E-state index in [-0.39, 0.29) is 30.7 Å². The van der Waals surface area contributed by atoms with E-state index in [0.717, 1.165) is 12.5 Å². The minimum atomic E-state index is -0.356. The van der Waals surface area contributed by atoms with Gasteiger partial charge in [-0.15, -0.1) is 12.4 Å². The van der Waals surface area contributed by atoms with E-state index in [1.807, 2.05) is 0 Å². The lowest BCUT2D eigenvalue weighted by atomic mass is 10.2. The Labute approximate surface area is 136 Å². The van der Waals surface area contributed by atoms with E-state index in [0.29, 0.717) is 24.0 Å². The van der Waals surface area contributed by atoms with Crippen LogP contribution in [0.1, 0.15) is 25.7 Å². The van der Waals surface area contributed by atoms with Gasteiger partial charge in [0, 0.05) is 6.07 Å². The van der Waals surface area contributed by atoms with E-state index in [9.17, 15) is 9.18 Å². The number of halogens is 2. The maximum Gasteiger partial charge on any atom is 0.238 e. The van der Waals surface area contributed by atoms with Gasteiger partial charge in [-0.2, -0.15) is 0 Å². The molecule has 0 bridgehead atoms. The van der Waals surface area contributed by atoms with Gasteiger partial charge in [0.05, 0.1) is 18.8 Å². The molecule has 3 rings (SSSR count). The molecular weight excluding hydrogens is 307 g/mol. The number of hydrogen-bond donors (Lipinski definition) is 2. The highest BCUT2D eigenvalue weighted by Crippen LogP contribution is 2.32. The van der Waals surface area contributed by atoms with Crippen LogP contribution in [0.25, 0.3) is 0 Å². The summed E-state index contributed by atoms with van der Waals surface area (Å²) in [6.07, 6.45) is 4.85. The lowest BCUT2D eigenvalue weighted by molar-refractivity contribution is -0.115. The smallest absolute Gasteiger partial charge is 0.238 e. The van der Waals surface area contributed by atoms with E-state index in [2.05, 4.69) is 10.6 Å². The first-order valence-corrected chi connectivity index (χ1v) is 7.63. The third-order valence-corrected chi connectivity index (χ3v) is 3.80. The van der Waals surface area contributed by atoms with E-state index >= 15 is 0 Å². The quantitative estimate of drug-likeness (QED) is 0.771. The van der Waals surface area contributed by atoms with Crippen molar-refractivity contribution in [3.63, 3.8) is 0 Å². The van der Waals surface area contributed by atoms with Crippen molar-refractivity contribution >= 4 is 24.0 Å². The second-order valence-electron chi connectivity index (χ2n) is 6.02. The SMILES string of the molecule is Cl.O=C(CNCC1CC1)Nc1ccc(F)cc1OCC1CC1. The molecule has 6 heteroatoms. The predicted molar refractivity (Wildman–Crippen MR) is 86.1 cm³/mol. The zero-order valence-electron chi connectivity index (χ0n) is 12.4. The van der Waals surface area contributed by atoms with Crippen molar-refractivity contribution in [3.8, 4) is 5.75 Å². The minimum absolute atomic E-state index is 0. The highest BCUT2D eigenvalue weighted by Gasteiger charge is 2.23. The summed E-state index contributed by atoms with van der Waals surface area (Å²) in [7, 11) is 0. The Balaban J connectivity index is 0.00000176. The highest BCUT2D eigenvalue weighted by atomic mass is 35.5. The predicted octanol–water partition coefficient (Wildman–Crippen LogP) is 2.97. The highest BCUT2D eigenvalue weighted by molar-refractivity contribution is 5.93. The third kappa shape index (κ3) is 5.46. The molecule has 2 saturated carbocycles. The molecule has 0 spiro atoms. The lowest BCUT2D eigenvalue weighted by Crippen LogP contribution is -2.29. The monoisotopic (exact) mass is 328 g/mol. The first kappa shape index (κ1) is 17.0. The van der Waals surface area contributed by atoms with Crippen molar-refractivity contribution in [1.29, 1.82) is 0 Å². The molecule has 1 aromatic carbocycles. The molecule has 1 amide bonds. The van der Waals surface area contributed by atoms with Crippen LogP contribution in [-0.2, 0) is 4.79 Å². The molecule has 0 heterocycles. The van der Waals surface area contributed by atoms with E-state index in [1.54, 1.807) is 6.07 Å². The van der Waals surface area contributed by atoms with Crippen LogP contribution >= 0.6 is 12.4 Å². The van der Waals surface area contributed by atoms with Crippen molar-refractivity contribution in [3.05, 3.63) is 24.0 Å².